The third-order valence-corrected chi connectivity index (χ3v) is 4.56. The number of ether oxygens (including phenoxy) is 2. The molecule has 0 saturated carbocycles. The van der Waals surface area contributed by atoms with Crippen LogP contribution in [0.1, 0.15) is 33.1 Å². The van der Waals surface area contributed by atoms with Gasteiger partial charge in [0.2, 0.25) is 0 Å². The van der Waals surface area contributed by atoms with Gasteiger partial charge >= 0.3 is 0 Å². The largest absolute Gasteiger partial charge is 0.493 e. The van der Waals surface area contributed by atoms with Crippen molar-refractivity contribution in [3.05, 3.63) is 24.3 Å². The Morgan fingerprint density at radius 2 is 1.83 bits per heavy atom. The van der Waals surface area contributed by atoms with Crippen molar-refractivity contribution in [3.8, 4) is 11.5 Å². The number of alkyl halides is 1. The molecule has 1 aromatic carbocycles. The van der Waals surface area contributed by atoms with Crippen molar-refractivity contribution in [1.82, 2.24) is 0 Å². The van der Waals surface area contributed by atoms with Gasteiger partial charge in [0, 0.05) is 5.33 Å². The van der Waals surface area contributed by atoms with Gasteiger partial charge in [-0.1, -0.05) is 48.3 Å². The molecule has 1 aromatic rings. The lowest BCUT2D eigenvalue weighted by Crippen LogP contribution is -2.21. The molecule has 0 heterocycles. The molecule has 0 saturated heterocycles. The van der Waals surface area contributed by atoms with Gasteiger partial charge in [-0.2, -0.15) is 0 Å². The summed E-state index contributed by atoms with van der Waals surface area (Å²) in [6.07, 6.45) is 3.47. The number of hydrogen-bond acceptors (Lipinski definition) is 2. The van der Waals surface area contributed by atoms with Crippen LogP contribution in [0.3, 0.4) is 0 Å². The molecule has 3 heteroatoms. The Labute approximate surface area is 119 Å². The molecule has 0 fully saturated rings. The maximum Gasteiger partial charge on any atom is 0.161 e. The molecule has 1 unspecified atom stereocenters. The van der Waals surface area contributed by atoms with Crippen LogP contribution >= 0.6 is 15.9 Å². The van der Waals surface area contributed by atoms with E-state index in [4.69, 9.17) is 9.47 Å². The molecule has 0 radical (unpaired) electrons. The molecule has 0 aliphatic carbocycles. The van der Waals surface area contributed by atoms with Gasteiger partial charge in [-0.15, -0.1) is 0 Å². The highest BCUT2D eigenvalue weighted by Crippen LogP contribution is 2.31. The van der Waals surface area contributed by atoms with Crippen LogP contribution in [0.2, 0.25) is 0 Å². The van der Waals surface area contributed by atoms with E-state index >= 15 is 0 Å². The van der Waals surface area contributed by atoms with Crippen molar-refractivity contribution < 1.29 is 9.47 Å². The van der Waals surface area contributed by atoms with Gasteiger partial charge in [0.05, 0.1) is 13.7 Å². The van der Waals surface area contributed by atoms with Crippen molar-refractivity contribution in [2.24, 2.45) is 5.41 Å². The fraction of sp³-hybridized carbons (Fsp3) is 0.600. The van der Waals surface area contributed by atoms with Gasteiger partial charge in [0.25, 0.3) is 0 Å². The monoisotopic (exact) mass is 314 g/mol. The molecule has 102 valence electrons. The molecule has 1 rings (SSSR count). The maximum atomic E-state index is 5.83. The van der Waals surface area contributed by atoms with Gasteiger partial charge < -0.3 is 9.47 Å². The van der Waals surface area contributed by atoms with Gasteiger partial charge in [-0.25, -0.2) is 0 Å². The molecule has 0 aliphatic rings. The summed E-state index contributed by atoms with van der Waals surface area (Å²) in [6, 6.07) is 7.79. The average molecular weight is 315 g/mol. The van der Waals surface area contributed by atoms with E-state index in [-0.39, 0.29) is 0 Å². The summed E-state index contributed by atoms with van der Waals surface area (Å²) >= 11 is 3.61. The number of halogens is 1. The summed E-state index contributed by atoms with van der Waals surface area (Å²) in [4.78, 5) is 0. The fourth-order valence-electron chi connectivity index (χ4n) is 2.01. The molecule has 0 amide bonds. The van der Waals surface area contributed by atoms with Crippen LogP contribution in [0.25, 0.3) is 0 Å². The summed E-state index contributed by atoms with van der Waals surface area (Å²) < 4.78 is 11.1. The van der Waals surface area contributed by atoms with Crippen LogP contribution in [-0.4, -0.2) is 19.0 Å². The van der Waals surface area contributed by atoms with Crippen LogP contribution in [0.4, 0.5) is 0 Å². The van der Waals surface area contributed by atoms with Crippen molar-refractivity contribution in [3.63, 3.8) is 0 Å². The van der Waals surface area contributed by atoms with Crippen molar-refractivity contribution in [2.45, 2.75) is 33.1 Å². The summed E-state index contributed by atoms with van der Waals surface area (Å²) in [5.41, 5.74) is 0.316. The summed E-state index contributed by atoms with van der Waals surface area (Å²) in [5.74, 6) is 1.63. The van der Waals surface area contributed by atoms with Gasteiger partial charge in [-0.3, -0.25) is 0 Å². The van der Waals surface area contributed by atoms with Crippen molar-refractivity contribution >= 4 is 15.9 Å². The lowest BCUT2D eigenvalue weighted by atomic mass is 9.85. The van der Waals surface area contributed by atoms with Crippen LogP contribution in [-0.2, 0) is 0 Å². The van der Waals surface area contributed by atoms with E-state index in [1.54, 1.807) is 7.11 Å². The lowest BCUT2D eigenvalue weighted by Gasteiger charge is -2.26. The first-order valence-electron chi connectivity index (χ1n) is 6.47. The van der Waals surface area contributed by atoms with Gasteiger partial charge in [-0.05, 0) is 30.4 Å². The Morgan fingerprint density at radius 3 is 2.39 bits per heavy atom. The Bertz CT molecular complexity index is 354. The molecule has 0 spiro atoms. The quantitative estimate of drug-likeness (QED) is 0.649. The third kappa shape index (κ3) is 4.52. The molecule has 0 aromatic heterocycles. The lowest BCUT2D eigenvalue weighted by molar-refractivity contribution is 0.215. The number of para-hydroxylation sites is 2. The summed E-state index contributed by atoms with van der Waals surface area (Å²) in [6.45, 7) is 5.25. The zero-order chi connectivity index (χ0) is 13.4. The zero-order valence-electron chi connectivity index (χ0n) is 11.5. The molecule has 1 atom stereocenters. The fourth-order valence-corrected chi connectivity index (χ4v) is 2.57. The van der Waals surface area contributed by atoms with E-state index in [2.05, 4.69) is 29.8 Å². The first kappa shape index (κ1) is 15.4. The van der Waals surface area contributed by atoms with E-state index < -0.39 is 0 Å². The molecule has 2 nitrogen and oxygen atoms in total. The summed E-state index contributed by atoms with van der Waals surface area (Å²) in [7, 11) is 1.67. The van der Waals surface area contributed by atoms with Crippen LogP contribution in [0.15, 0.2) is 24.3 Å². The topological polar surface area (TPSA) is 18.5 Å². The second-order valence-corrected chi connectivity index (χ2v) is 5.50. The maximum absolute atomic E-state index is 5.83. The van der Waals surface area contributed by atoms with Gasteiger partial charge in [0.1, 0.15) is 0 Å². The second-order valence-electron chi connectivity index (χ2n) is 4.94. The number of hydrogen-bond donors (Lipinski definition) is 0. The van der Waals surface area contributed by atoms with E-state index in [9.17, 15) is 0 Å². The molecular formula is C15H23BrO2. The Kier molecular flexibility index (Phi) is 6.55. The predicted octanol–water partition coefficient (Wildman–Crippen LogP) is 4.67. The Hall–Kier alpha value is -0.700. The minimum atomic E-state index is 0.316. The highest BCUT2D eigenvalue weighted by Gasteiger charge is 2.21. The third-order valence-electron chi connectivity index (χ3n) is 3.21. The van der Waals surface area contributed by atoms with Crippen LogP contribution in [0, 0.1) is 5.41 Å². The minimum absolute atomic E-state index is 0.316. The first-order valence-corrected chi connectivity index (χ1v) is 7.59. The van der Waals surface area contributed by atoms with Crippen molar-refractivity contribution in [1.29, 1.82) is 0 Å². The molecule has 0 N–H and O–H groups in total. The molecule has 0 aliphatic heterocycles. The van der Waals surface area contributed by atoms with Crippen LogP contribution < -0.4 is 9.47 Å². The van der Waals surface area contributed by atoms with E-state index in [0.29, 0.717) is 5.41 Å². The Balaban J connectivity index is 2.50. The normalized spacial score (nSPS) is 14.0. The smallest absolute Gasteiger partial charge is 0.161 e. The molecule has 18 heavy (non-hydrogen) atoms. The van der Waals surface area contributed by atoms with E-state index in [0.717, 1.165) is 29.9 Å². The summed E-state index contributed by atoms with van der Waals surface area (Å²) in [5, 5.41) is 1.02. The number of rotatable bonds is 8. The predicted molar refractivity (Wildman–Crippen MR) is 79.9 cm³/mol. The Morgan fingerprint density at radius 1 is 1.17 bits per heavy atom. The highest BCUT2D eigenvalue weighted by atomic mass is 79.9. The van der Waals surface area contributed by atoms with Gasteiger partial charge in [0.15, 0.2) is 11.5 Å². The molecule has 0 bridgehead atoms. The SMILES string of the molecule is CCCC(C)(CBr)CCOc1ccccc1OC. The minimum Gasteiger partial charge on any atom is -0.493 e. The highest BCUT2D eigenvalue weighted by molar-refractivity contribution is 9.09. The number of benzene rings is 1. The first-order chi connectivity index (χ1) is 8.65. The number of methoxy groups -OCH3 is 1. The average Bonchev–Trinajstić information content (AvgIpc) is 2.39. The van der Waals surface area contributed by atoms with Crippen molar-refractivity contribution in [2.75, 3.05) is 19.0 Å². The molecular weight excluding hydrogens is 292 g/mol. The second kappa shape index (κ2) is 7.67. The standard InChI is InChI=1S/C15H23BrO2/c1-4-9-15(2,12-16)10-11-18-14-8-6-5-7-13(14)17-3/h5-8H,4,9-12H2,1-3H3. The van der Waals surface area contributed by atoms with E-state index in [1.165, 1.54) is 12.8 Å². The zero-order valence-corrected chi connectivity index (χ0v) is 13.1. The van der Waals surface area contributed by atoms with E-state index in [1.807, 2.05) is 24.3 Å². The van der Waals surface area contributed by atoms with Crippen LogP contribution in [0.5, 0.6) is 11.5 Å².